The van der Waals surface area contributed by atoms with Gasteiger partial charge in [-0.15, -0.1) is 0 Å². The Morgan fingerprint density at radius 2 is 2.10 bits per heavy atom. The van der Waals surface area contributed by atoms with Gasteiger partial charge in [0.1, 0.15) is 5.15 Å². The molecular formula is C14H14ClN3O2. The van der Waals surface area contributed by atoms with Crippen LogP contribution in [0, 0.1) is 17.0 Å². The summed E-state index contributed by atoms with van der Waals surface area (Å²) < 4.78 is 0. The van der Waals surface area contributed by atoms with E-state index in [-0.39, 0.29) is 16.7 Å². The summed E-state index contributed by atoms with van der Waals surface area (Å²) >= 11 is 5.72. The first-order valence-electron chi connectivity index (χ1n) is 6.10. The first kappa shape index (κ1) is 14.3. The van der Waals surface area contributed by atoms with Crippen LogP contribution >= 0.6 is 11.6 Å². The van der Waals surface area contributed by atoms with E-state index in [4.69, 9.17) is 11.6 Å². The van der Waals surface area contributed by atoms with Gasteiger partial charge in [0.15, 0.2) is 0 Å². The number of aryl methyl sites for hydroxylation is 1. The summed E-state index contributed by atoms with van der Waals surface area (Å²) in [7, 11) is 0. The van der Waals surface area contributed by atoms with Crippen LogP contribution in [0.5, 0.6) is 0 Å². The maximum atomic E-state index is 11.0. The molecule has 1 unspecified atom stereocenters. The molecule has 0 fully saturated rings. The second-order valence-electron chi connectivity index (χ2n) is 4.54. The third-order valence-electron chi connectivity index (χ3n) is 3.04. The second kappa shape index (κ2) is 5.88. The molecule has 104 valence electrons. The lowest BCUT2D eigenvalue weighted by molar-refractivity contribution is -0.385. The van der Waals surface area contributed by atoms with E-state index in [1.165, 1.54) is 0 Å². The Bertz CT molecular complexity index is 629. The van der Waals surface area contributed by atoms with E-state index in [0.717, 1.165) is 11.3 Å². The number of nitro groups is 1. The van der Waals surface area contributed by atoms with Crippen LogP contribution < -0.4 is 5.32 Å². The molecule has 1 N–H and O–H groups in total. The molecule has 2 aromatic rings. The molecule has 1 atom stereocenters. The largest absolute Gasteiger partial charge is 0.377 e. The quantitative estimate of drug-likeness (QED) is 0.522. The van der Waals surface area contributed by atoms with Crippen molar-refractivity contribution in [3.8, 4) is 0 Å². The number of hydrogen-bond donors (Lipinski definition) is 1. The molecule has 0 amide bonds. The molecule has 0 aliphatic carbocycles. The number of nitrogens with zero attached hydrogens (tertiary/aromatic N) is 2. The van der Waals surface area contributed by atoms with Crippen LogP contribution in [0.3, 0.4) is 0 Å². The van der Waals surface area contributed by atoms with Crippen LogP contribution in [-0.4, -0.2) is 9.91 Å². The highest BCUT2D eigenvalue weighted by Crippen LogP contribution is 2.25. The van der Waals surface area contributed by atoms with Crippen molar-refractivity contribution in [2.75, 3.05) is 5.32 Å². The van der Waals surface area contributed by atoms with Crippen molar-refractivity contribution in [3.63, 3.8) is 0 Å². The molecule has 0 saturated heterocycles. The fourth-order valence-electron chi connectivity index (χ4n) is 1.89. The average Bonchev–Trinajstić information content (AvgIpc) is 2.41. The van der Waals surface area contributed by atoms with Crippen LogP contribution in [0.4, 0.5) is 11.4 Å². The summed E-state index contributed by atoms with van der Waals surface area (Å²) in [5.41, 5.74) is 2.44. The van der Waals surface area contributed by atoms with Gasteiger partial charge >= 0.3 is 0 Å². The number of nitrogens with one attached hydrogen (secondary N) is 1. The van der Waals surface area contributed by atoms with Gasteiger partial charge in [-0.05, 0) is 31.5 Å². The van der Waals surface area contributed by atoms with Gasteiger partial charge in [-0.25, -0.2) is 4.98 Å². The van der Waals surface area contributed by atoms with E-state index in [0.29, 0.717) is 10.7 Å². The SMILES string of the molecule is Cc1ccc(C(C)Nc2ccc(Cl)nc2)cc1[N+](=O)[O-]. The van der Waals surface area contributed by atoms with Crippen molar-refractivity contribution in [1.29, 1.82) is 0 Å². The standard InChI is InChI=1S/C14H14ClN3O2/c1-9-3-4-11(7-13(9)18(19)20)10(2)17-12-5-6-14(15)16-8-12/h3-8,10,17H,1-2H3. The molecule has 0 bridgehead atoms. The molecule has 0 radical (unpaired) electrons. The Labute approximate surface area is 121 Å². The molecule has 1 heterocycles. The van der Waals surface area contributed by atoms with E-state index in [1.54, 1.807) is 31.3 Å². The number of pyridine rings is 1. The predicted octanol–water partition coefficient (Wildman–Crippen LogP) is 4.12. The first-order chi connectivity index (χ1) is 9.47. The van der Waals surface area contributed by atoms with E-state index >= 15 is 0 Å². The molecule has 20 heavy (non-hydrogen) atoms. The zero-order valence-corrected chi connectivity index (χ0v) is 11.9. The molecule has 1 aromatic heterocycles. The third kappa shape index (κ3) is 3.24. The molecule has 1 aromatic carbocycles. The van der Waals surface area contributed by atoms with Crippen LogP contribution in [0.2, 0.25) is 5.15 Å². The molecular weight excluding hydrogens is 278 g/mol. The van der Waals surface area contributed by atoms with Crippen molar-refractivity contribution >= 4 is 23.0 Å². The second-order valence-corrected chi connectivity index (χ2v) is 4.93. The smallest absolute Gasteiger partial charge is 0.272 e. The zero-order valence-electron chi connectivity index (χ0n) is 11.1. The number of rotatable bonds is 4. The summed E-state index contributed by atoms with van der Waals surface area (Å²) in [6.45, 7) is 3.66. The van der Waals surface area contributed by atoms with Gasteiger partial charge in [0.25, 0.3) is 5.69 Å². The maximum Gasteiger partial charge on any atom is 0.272 e. The zero-order chi connectivity index (χ0) is 14.7. The Hall–Kier alpha value is -2.14. The summed E-state index contributed by atoms with van der Waals surface area (Å²) in [6, 6.07) is 8.66. The molecule has 2 rings (SSSR count). The minimum Gasteiger partial charge on any atom is -0.377 e. The lowest BCUT2D eigenvalue weighted by atomic mass is 10.0. The highest BCUT2D eigenvalue weighted by Gasteiger charge is 2.14. The lowest BCUT2D eigenvalue weighted by Gasteiger charge is -2.15. The highest BCUT2D eigenvalue weighted by molar-refractivity contribution is 6.29. The van der Waals surface area contributed by atoms with E-state index in [2.05, 4.69) is 10.3 Å². The van der Waals surface area contributed by atoms with Gasteiger partial charge in [-0.3, -0.25) is 10.1 Å². The summed E-state index contributed by atoms with van der Waals surface area (Å²) in [5, 5.41) is 14.6. The van der Waals surface area contributed by atoms with Crippen LogP contribution in [0.25, 0.3) is 0 Å². The molecule has 5 nitrogen and oxygen atoms in total. The Morgan fingerprint density at radius 3 is 2.70 bits per heavy atom. The van der Waals surface area contributed by atoms with Gasteiger partial charge < -0.3 is 5.32 Å². The number of anilines is 1. The van der Waals surface area contributed by atoms with Crippen molar-refractivity contribution in [2.24, 2.45) is 0 Å². The van der Waals surface area contributed by atoms with E-state index < -0.39 is 0 Å². The summed E-state index contributed by atoms with van der Waals surface area (Å²) in [4.78, 5) is 14.6. The number of aromatic nitrogens is 1. The number of hydrogen-bond acceptors (Lipinski definition) is 4. The van der Waals surface area contributed by atoms with Crippen molar-refractivity contribution in [3.05, 3.63) is 62.9 Å². The van der Waals surface area contributed by atoms with Crippen LogP contribution in [-0.2, 0) is 0 Å². The van der Waals surface area contributed by atoms with Gasteiger partial charge in [0.2, 0.25) is 0 Å². The first-order valence-corrected chi connectivity index (χ1v) is 6.48. The van der Waals surface area contributed by atoms with Gasteiger partial charge in [-0.1, -0.05) is 23.7 Å². The van der Waals surface area contributed by atoms with E-state index in [9.17, 15) is 10.1 Å². The number of nitro benzene ring substituents is 1. The van der Waals surface area contributed by atoms with Crippen LogP contribution in [0.15, 0.2) is 36.5 Å². The van der Waals surface area contributed by atoms with Gasteiger partial charge in [0.05, 0.1) is 16.8 Å². The molecule has 6 heteroatoms. The van der Waals surface area contributed by atoms with Crippen molar-refractivity contribution in [1.82, 2.24) is 4.98 Å². The minimum atomic E-state index is -0.366. The Balaban J connectivity index is 2.20. The maximum absolute atomic E-state index is 11.0. The molecule has 0 spiro atoms. The highest BCUT2D eigenvalue weighted by atomic mass is 35.5. The summed E-state index contributed by atoms with van der Waals surface area (Å²) in [6.07, 6.45) is 1.63. The fourth-order valence-corrected chi connectivity index (χ4v) is 2.00. The Morgan fingerprint density at radius 1 is 1.35 bits per heavy atom. The van der Waals surface area contributed by atoms with Crippen molar-refractivity contribution in [2.45, 2.75) is 19.9 Å². The van der Waals surface area contributed by atoms with Crippen LogP contribution in [0.1, 0.15) is 24.1 Å². The molecule has 0 saturated carbocycles. The monoisotopic (exact) mass is 291 g/mol. The topological polar surface area (TPSA) is 68.1 Å². The molecule has 0 aliphatic heterocycles. The normalized spacial score (nSPS) is 11.9. The predicted molar refractivity (Wildman–Crippen MR) is 79.1 cm³/mol. The summed E-state index contributed by atoms with van der Waals surface area (Å²) in [5.74, 6) is 0. The number of halogens is 1. The third-order valence-corrected chi connectivity index (χ3v) is 3.26. The minimum absolute atomic E-state index is 0.0720. The Kier molecular flexibility index (Phi) is 4.20. The lowest BCUT2D eigenvalue weighted by Crippen LogP contribution is -2.07. The molecule has 0 aliphatic rings. The van der Waals surface area contributed by atoms with Crippen molar-refractivity contribution < 1.29 is 4.92 Å². The van der Waals surface area contributed by atoms with Gasteiger partial charge in [0, 0.05) is 17.7 Å². The van der Waals surface area contributed by atoms with Gasteiger partial charge in [-0.2, -0.15) is 0 Å². The number of benzene rings is 1. The average molecular weight is 292 g/mol. The fraction of sp³-hybridized carbons (Fsp3) is 0.214. The van der Waals surface area contributed by atoms with E-state index in [1.807, 2.05) is 19.1 Å².